The summed E-state index contributed by atoms with van der Waals surface area (Å²) < 4.78 is 51.3. The first-order valence-electron chi connectivity index (χ1n) is 16.8. The molecule has 3 heterocycles. The van der Waals surface area contributed by atoms with Gasteiger partial charge in [0, 0.05) is 0 Å². The zero-order valence-corrected chi connectivity index (χ0v) is 30.7. The van der Waals surface area contributed by atoms with Crippen LogP contribution in [-0.2, 0) is 49.0 Å². The first-order valence-corrected chi connectivity index (χ1v) is 18.4. The lowest BCUT2D eigenvalue weighted by Gasteiger charge is -2.31. The molecule has 5 rings (SSSR count). The third-order valence-corrected chi connectivity index (χ3v) is 9.79. The van der Waals surface area contributed by atoms with E-state index >= 15 is 0 Å². The minimum absolute atomic E-state index is 0.0481. The maximum Gasteiger partial charge on any atom is 0.459 e. The maximum atomic E-state index is 14.5. The lowest BCUT2D eigenvalue weighted by molar-refractivity contribution is -0.173. The average molecular weight is 749 g/mol. The Hall–Kier alpha value is -5.33. The molecule has 2 aromatic carbocycles. The number of nitrogens with one attached hydrogen (secondary N) is 1. The van der Waals surface area contributed by atoms with Gasteiger partial charge in [-0.25, -0.2) is 14.1 Å². The fraction of sp³-hybridized carbons (Fsp3) is 0.389. The molecule has 280 valence electrons. The Labute approximate surface area is 306 Å². The fourth-order valence-electron chi connectivity index (χ4n) is 5.29. The number of rotatable bonds is 15. The van der Waals surface area contributed by atoms with Crippen molar-refractivity contribution in [2.75, 3.05) is 12.3 Å². The molecule has 0 spiro atoms. The normalized spacial score (nSPS) is 21.4. The van der Waals surface area contributed by atoms with Crippen LogP contribution in [0.25, 0.3) is 5.52 Å². The molecule has 1 aliphatic heterocycles. The number of ether oxygens (including phenoxy) is 4. The van der Waals surface area contributed by atoms with Crippen molar-refractivity contribution < 1.29 is 46.9 Å². The predicted molar refractivity (Wildman–Crippen MR) is 188 cm³/mol. The van der Waals surface area contributed by atoms with Crippen molar-refractivity contribution in [3.05, 3.63) is 90.4 Å². The SMILES string of the molecule is CC(C)C(=O)O[C@H]1[C@H](c2ccc3c(N)ncnn23)O[C@](C#N)(COP(=O)(N[C@@H](C)C(=O)OCc2ccccc2)Oc2ccccc2)[C@H]1OC(=O)C(C)C. The van der Waals surface area contributed by atoms with Gasteiger partial charge in [0.05, 0.1) is 17.5 Å². The van der Waals surface area contributed by atoms with Crippen LogP contribution in [0.4, 0.5) is 5.82 Å². The van der Waals surface area contributed by atoms with Crippen molar-refractivity contribution >= 4 is 37.0 Å². The first-order chi connectivity index (χ1) is 25.3. The van der Waals surface area contributed by atoms with Gasteiger partial charge in [-0.1, -0.05) is 76.2 Å². The summed E-state index contributed by atoms with van der Waals surface area (Å²) in [7, 11) is -4.60. The Kier molecular flexibility index (Phi) is 12.2. The molecule has 1 fully saturated rings. The Morgan fingerprint density at radius 2 is 1.60 bits per heavy atom. The van der Waals surface area contributed by atoms with E-state index in [0.29, 0.717) is 5.52 Å². The molecule has 1 aliphatic rings. The first kappa shape index (κ1) is 38.9. The van der Waals surface area contributed by atoms with Gasteiger partial charge in [-0.05, 0) is 36.8 Å². The molecule has 0 amide bonds. The summed E-state index contributed by atoms with van der Waals surface area (Å²) in [5, 5.41) is 17.7. The van der Waals surface area contributed by atoms with Gasteiger partial charge < -0.3 is 29.2 Å². The smallest absolute Gasteiger partial charge is 0.459 e. The van der Waals surface area contributed by atoms with Crippen LogP contribution in [0.5, 0.6) is 5.75 Å². The number of esters is 3. The van der Waals surface area contributed by atoms with Crippen molar-refractivity contribution in [2.24, 2.45) is 11.8 Å². The van der Waals surface area contributed by atoms with Crippen LogP contribution in [0.15, 0.2) is 79.1 Å². The maximum absolute atomic E-state index is 14.5. The summed E-state index contributed by atoms with van der Waals surface area (Å²) in [5.74, 6) is -3.25. The van der Waals surface area contributed by atoms with E-state index in [1.807, 2.05) is 12.1 Å². The molecular formula is C36H41N6O10P. The Bertz CT molecular complexity index is 2000. The number of anilines is 1. The molecule has 0 saturated carbocycles. The van der Waals surface area contributed by atoms with Gasteiger partial charge in [0.2, 0.25) is 5.60 Å². The lowest BCUT2D eigenvalue weighted by Crippen LogP contribution is -2.50. The Balaban J connectivity index is 1.51. The summed E-state index contributed by atoms with van der Waals surface area (Å²) in [6.07, 6.45) is -3.14. The number of para-hydroxylation sites is 1. The monoisotopic (exact) mass is 748 g/mol. The lowest BCUT2D eigenvalue weighted by atomic mass is 9.95. The zero-order chi connectivity index (χ0) is 38.3. The molecule has 2 aromatic heterocycles. The topological polar surface area (TPSA) is 216 Å². The number of hydrogen-bond donors (Lipinski definition) is 2. The van der Waals surface area contributed by atoms with Crippen molar-refractivity contribution in [1.82, 2.24) is 19.7 Å². The number of nitriles is 1. The average Bonchev–Trinajstić information content (AvgIpc) is 3.70. The summed E-state index contributed by atoms with van der Waals surface area (Å²) in [5.41, 5.74) is 5.20. The molecule has 3 N–H and O–H groups in total. The van der Waals surface area contributed by atoms with Crippen molar-refractivity contribution in [3.63, 3.8) is 0 Å². The highest BCUT2D eigenvalue weighted by atomic mass is 31.2. The fourth-order valence-corrected chi connectivity index (χ4v) is 6.81. The summed E-state index contributed by atoms with van der Waals surface area (Å²) in [6, 6.07) is 21.0. The van der Waals surface area contributed by atoms with Gasteiger partial charge in [-0.15, -0.1) is 0 Å². The number of carbonyl (C=O) groups excluding carboxylic acids is 3. The van der Waals surface area contributed by atoms with E-state index in [1.54, 1.807) is 82.3 Å². The zero-order valence-electron chi connectivity index (χ0n) is 29.8. The van der Waals surface area contributed by atoms with Crippen molar-refractivity contribution in [3.8, 4) is 11.8 Å². The molecular weight excluding hydrogens is 707 g/mol. The number of carbonyl (C=O) groups is 3. The van der Waals surface area contributed by atoms with Gasteiger partial charge >= 0.3 is 25.7 Å². The molecule has 53 heavy (non-hydrogen) atoms. The minimum Gasteiger partial charge on any atom is -0.460 e. The molecule has 4 aromatic rings. The van der Waals surface area contributed by atoms with Crippen molar-refractivity contribution in [1.29, 1.82) is 5.26 Å². The molecule has 0 bridgehead atoms. The van der Waals surface area contributed by atoms with Crippen LogP contribution in [0.2, 0.25) is 0 Å². The van der Waals surface area contributed by atoms with Crippen LogP contribution >= 0.6 is 7.75 Å². The molecule has 0 radical (unpaired) electrons. The highest BCUT2D eigenvalue weighted by Crippen LogP contribution is 2.50. The molecule has 1 unspecified atom stereocenters. The van der Waals surface area contributed by atoms with E-state index in [1.165, 1.54) is 29.9 Å². The van der Waals surface area contributed by atoms with Crippen LogP contribution in [0, 0.1) is 23.2 Å². The second-order valence-electron chi connectivity index (χ2n) is 12.9. The van der Waals surface area contributed by atoms with Crippen LogP contribution < -0.4 is 15.3 Å². The summed E-state index contributed by atoms with van der Waals surface area (Å²) in [4.78, 5) is 43.4. The number of nitrogen functional groups attached to an aromatic ring is 1. The summed E-state index contributed by atoms with van der Waals surface area (Å²) in [6.45, 7) is 6.87. The van der Waals surface area contributed by atoms with Gasteiger partial charge in [0.1, 0.15) is 49.0 Å². The van der Waals surface area contributed by atoms with Gasteiger partial charge in [-0.3, -0.25) is 18.9 Å². The summed E-state index contributed by atoms with van der Waals surface area (Å²) >= 11 is 0. The minimum atomic E-state index is -4.60. The second-order valence-corrected chi connectivity index (χ2v) is 14.6. The van der Waals surface area contributed by atoms with Crippen LogP contribution in [0.3, 0.4) is 0 Å². The number of nitrogens with zero attached hydrogens (tertiary/aromatic N) is 4. The van der Waals surface area contributed by atoms with Gasteiger partial charge in [0.15, 0.2) is 18.0 Å². The van der Waals surface area contributed by atoms with Crippen molar-refractivity contribution in [2.45, 2.75) is 71.2 Å². The third-order valence-electron chi connectivity index (χ3n) is 8.17. The van der Waals surface area contributed by atoms with E-state index in [2.05, 4.69) is 15.2 Å². The van der Waals surface area contributed by atoms with Crippen LogP contribution in [0.1, 0.15) is 52.0 Å². The highest BCUT2D eigenvalue weighted by Gasteiger charge is 2.62. The molecule has 6 atom stereocenters. The highest BCUT2D eigenvalue weighted by molar-refractivity contribution is 7.52. The van der Waals surface area contributed by atoms with Crippen LogP contribution in [-0.4, -0.2) is 63.0 Å². The predicted octanol–water partition coefficient (Wildman–Crippen LogP) is 4.71. The van der Waals surface area contributed by atoms with E-state index in [4.69, 9.17) is 33.7 Å². The Morgan fingerprint density at radius 1 is 0.962 bits per heavy atom. The largest absolute Gasteiger partial charge is 0.460 e. The molecule has 16 nitrogen and oxygen atoms in total. The van der Waals surface area contributed by atoms with Gasteiger partial charge in [0.25, 0.3) is 0 Å². The Morgan fingerprint density at radius 3 is 2.25 bits per heavy atom. The third kappa shape index (κ3) is 9.01. The quantitative estimate of drug-likeness (QED) is 0.0957. The van der Waals surface area contributed by atoms with E-state index < -0.39 is 74.1 Å². The van der Waals surface area contributed by atoms with E-state index in [9.17, 15) is 24.2 Å². The molecule has 1 saturated heterocycles. The van der Waals surface area contributed by atoms with E-state index in [-0.39, 0.29) is 23.9 Å². The number of nitrogens with two attached hydrogens (primary N) is 1. The molecule has 0 aliphatic carbocycles. The molecule has 17 heteroatoms. The number of fused-ring (bicyclic) bond motifs is 1. The second kappa shape index (κ2) is 16.6. The van der Waals surface area contributed by atoms with Gasteiger partial charge in [-0.2, -0.15) is 15.4 Å². The number of hydrogen-bond acceptors (Lipinski definition) is 14. The van der Waals surface area contributed by atoms with E-state index in [0.717, 1.165) is 5.56 Å². The number of aromatic nitrogens is 3. The number of benzene rings is 2. The standard InChI is InChI=1S/C36H41N6O10P/c1-22(2)33(43)49-30-29(27-16-17-28-32(38)39-21-40-42(27)28)51-36(19-37,31(30)50-34(44)23(3)4)20-48-53(46,52-26-14-10-7-11-15-26)41-24(5)35(45)47-18-25-12-8-6-9-13-25/h6-17,21-24,29-31H,18,20H2,1-5H3,(H,41,46)(H2,38,39,40)/t24-,29-,30-,31-,36+,53?/m0/s1.